The van der Waals surface area contributed by atoms with Gasteiger partial charge in [-0.3, -0.25) is 9.59 Å². The average Bonchev–Trinajstić information content (AvgIpc) is 3.30. The van der Waals surface area contributed by atoms with E-state index in [1.165, 1.54) is 0 Å². The van der Waals surface area contributed by atoms with Gasteiger partial charge >= 0.3 is 5.97 Å². The number of ether oxygens (including phenoxy) is 1. The molecule has 0 radical (unpaired) electrons. The zero-order chi connectivity index (χ0) is 14.4. The highest BCUT2D eigenvalue weighted by atomic mass is 16.5. The molecule has 1 N–H and O–H groups in total. The number of hydrogen-bond acceptors (Lipinski definition) is 4. The van der Waals surface area contributed by atoms with Gasteiger partial charge in [0.25, 0.3) is 0 Å². The van der Waals surface area contributed by atoms with E-state index in [2.05, 4.69) is 5.32 Å². The third-order valence-electron chi connectivity index (χ3n) is 3.07. The van der Waals surface area contributed by atoms with Crippen LogP contribution in [0.3, 0.4) is 0 Å². The first-order valence-corrected chi connectivity index (χ1v) is 6.64. The van der Waals surface area contributed by atoms with Crippen LogP contribution < -0.4 is 5.32 Å². The van der Waals surface area contributed by atoms with Gasteiger partial charge in [0.05, 0.1) is 12.5 Å². The number of rotatable bonds is 7. The maximum absolute atomic E-state index is 11.6. The molecule has 5 nitrogen and oxygen atoms in total. The second-order valence-corrected chi connectivity index (χ2v) is 4.88. The van der Waals surface area contributed by atoms with Crippen LogP contribution >= 0.6 is 0 Å². The van der Waals surface area contributed by atoms with Crippen molar-refractivity contribution in [2.24, 2.45) is 5.92 Å². The molecule has 106 valence electrons. The third-order valence-corrected chi connectivity index (χ3v) is 3.07. The van der Waals surface area contributed by atoms with Gasteiger partial charge in [0.2, 0.25) is 5.91 Å². The molecule has 0 spiro atoms. The second-order valence-electron chi connectivity index (χ2n) is 4.88. The Morgan fingerprint density at radius 1 is 1.30 bits per heavy atom. The molecule has 1 fully saturated rings. The number of nitrogens with one attached hydrogen (secondary N) is 1. The third kappa shape index (κ3) is 4.50. The van der Waals surface area contributed by atoms with E-state index in [-0.39, 0.29) is 24.9 Å². The summed E-state index contributed by atoms with van der Waals surface area (Å²) in [5, 5.41) is 2.55. The number of aldehydes is 1. The lowest BCUT2D eigenvalue weighted by molar-refractivity contribution is -0.146. The number of benzene rings is 1. The molecule has 0 heterocycles. The Morgan fingerprint density at radius 3 is 2.60 bits per heavy atom. The fourth-order valence-electron chi connectivity index (χ4n) is 1.76. The first kappa shape index (κ1) is 14.2. The Kier molecular flexibility index (Phi) is 4.87. The van der Waals surface area contributed by atoms with Crippen molar-refractivity contribution in [3.63, 3.8) is 0 Å². The van der Waals surface area contributed by atoms with Crippen LogP contribution in [0.4, 0.5) is 0 Å². The Morgan fingerprint density at radius 2 is 2.00 bits per heavy atom. The zero-order valence-electron chi connectivity index (χ0n) is 11.1. The molecule has 1 aliphatic rings. The van der Waals surface area contributed by atoms with Gasteiger partial charge in [-0.1, -0.05) is 30.3 Å². The van der Waals surface area contributed by atoms with E-state index in [0.29, 0.717) is 6.29 Å². The molecule has 1 unspecified atom stereocenters. The summed E-state index contributed by atoms with van der Waals surface area (Å²) in [7, 11) is 0. The molecular weight excluding hydrogens is 258 g/mol. The molecule has 1 aromatic carbocycles. The highest BCUT2D eigenvalue weighted by Crippen LogP contribution is 2.28. The molecule has 2 rings (SSSR count). The van der Waals surface area contributed by atoms with E-state index in [1.807, 2.05) is 30.3 Å². The van der Waals surface area contributed by atoms with Crippen LogP contribution in [0.25, 0.3) is 0 Å². The molecule has 1 atom stereocenters. The van der Waals surface area contributed by atoms with Crippen LogP contribution in [-0.4, -0.2) is 24.2 Å². The smallest absolute Gasteiger partial charge is 0.308 e. The van der Waals surface area contributed by atoms with E-state index in [0.717, 1.165) is 18.4 Å². The van der Waals surface area contributed by atoms with Gasteiger partial charge in [-0.15, -0.1) is 0 Å². The number of amides is 1. The van der Waals surface area contributed by atoms with E-state index in [9.17, 15) is 14.4 Å². The van der Waals surface area contributed by atoms with Gasteiger partial charge in [0.15, 0.2) is 0 Å². The number of carbonyl (C=O) groups excluding carboxylic acids is 3. The molecule has 1 saturated carbocycles. The van der Waals surface area contributed by atoms with Crippen molar-refractivity contribution in [3.05, 3.63) is 35.9 Å². The van der Waals surface area contributed by atoms with Crippen LogP contribution in [0.15, 0.2) is 30.3 Å². The monoisotopic (exact) mass is 275 g/mol. The van der Waals surface area contributed by atoms with Crippen molar-refractivity contribution in [3.8, 4) is 0 Å². The molecule has 0 aliphatic heterocycles. The quantitative estimate of drug-likeness (QED) is 0.600. The Balaban J connectivity index is 1.74. The van der Waals surface area contributed by atoms with Gasteiger partial charge in [0.1, 0.15) is 12.9 Å². The Bertz CT molecular complexity index is 482. The van der Waals surface area contributed by atoms with Gasteiger partial charge in [-0.2, -0.15) is 0 Å². The van der Waals surface area contributed by atoms with Gasteiger partial charge in [0, 0.05) is 5.92 Å². The predicted octanol–water partition coefficient (Wildman–Crippen LogP) is 1.21. The predicted molar refractivity (Wildman–Crippen MR) is 71.6 cm³/mol. The summed E-state index contributed by atoms with van der Waals surface area (Å²) < 4.78 is 5.07. The molecule has 1 aromatic rings. The summed E-state index contributed by atoms with van der Waals surface area (Å²) in [5.74, 6) is -0.641. The lowest BCUT2D eigenvalue weighted by Crippen LogP contribution is -2.38. The molecule has 0 aromatic heterocycles. The van der Waals surface area contributed by atoms with Gasteiger partial charge < -0.3 is 14.8 Å². The van der Waals surface area contributed by atoms with Crippen molar-refractivity contribution in [1.29, 1.82) is 0 Å². The van der Waals surface area contributed by atoms with E-state index in [4.69, 9.17) is 4.74 Å². The maximum atomic E-state index is 11.6. The van der Waals surface area contributed by atoms with Crippen molar-refractivity contribution in [2.45, 2.75) is 31.9 Å². The fraction of sp³-hybridized carbons (Fsp3) is 0.400. The number of esters is 1. The Labute approximate surface area is 117 Å². The van der Waals surface area contributed by atoms with Crippen molar-refractivity contribution < 1.29 is 19.1 Å². The van der Waals surface area contributed by atoms with Gasteiger partial charge in [-0.25, -0.2) is 0 Å². The summed E-state index contributed by atoms with van der Waals surface area (Å²) in [6.45, 7) is 0.168. The minimum absolute atomic E-state index is 0.0118. The molecule has 5 heteroatoms. The van der Waals surface area contributed by atoms with Crippen LogP contribution in [0.5, 0.6) is 0 Å². The highest BCUT2D eigenvalue weighted by Gasteiger charge is 2.31. The summed E-state index contributed by atoms with van der Waals surface area (Å²) in [6.07, 6.45) is 2.16. The Hall–Kier alpha value is -2.17. The fourth-order valence-corrected chi connectivity index (χ4v) is 1.76. The standard InChI is InChI=1S/C15H17NO4/c17-9-13(16-15(19)12-6-7-12)8-14(18)20-10-11-4-2-1-3-5-11/h1-5,9,12-13H,6-8,10H2,(H,16,19). The van der Waals surface area contributed by atoms with Crippen molar-refractivity contribution in [1.82, 2.24) is 5.32 Å². The average molecular weight is 275 g/mol. The summed E-state index contributed by atoms with van der Waals surface area (Å²) >= 11 is 0. The number of hydrogen-bond donors (Lipinski definition) is 1. The summed E-state index contributed by atoms with van der Waals surface area (Å²) in [5.41, 5.74) is 0.880. The minimum Gasteiger partial charge on any atom is -0.461 e. The molecule has 20 heavy (non-hydrogen) atoms. The van der Waals surface area contributed by atoms with Crippen LogP contribution in [0.2, 0.25) is 0 Å². The summed E-state index contributed by atoms with van der Waals surface area (Å²) in [4.78, 5) is 34.0. The van der Waals surface area contributed by atoms with E-state index in [1.54, 1.807) is 0 Å². The SMILES string of the molecule is O=CC(CC(=O)OCc1ccccc1)NC(=O)C1CC1. The minimum atomic E-state index is -0.800. The first-order valence-electron chi connectivity index (χ1n) is 6.64. The van der Waals surface area contributed by atoms with Crippen LogP contribution in [-0.2, 0) is 25.7 Å². The van der Waals surface area contributed by atoms with E-state index >= 15 is 0 Å². The number of carbonyl (C=O) groups is 3. The zero-order valence-corrected chi connectivity index (χ0v) is 11.1. The maximum Gasteiger partial charge on any atom is 0.308 e. The van der Waals surface area contributed by atoms with Crippen LogP contribution in [0.1, 0.15) is 24.8 Å². The topological polar surface area (TPSA) is 72.5 Å². The molecule has 0 bridgehead atoms. The molecular formula is C15H17NO4. The highest BCUT2D eigenvalue weighted by molar-refractivity contribution is 5.85. The normalized spacial score (nSPS) is 15.2. The van der Waals surface area contributed by atoms with Crippen molar-refractivity contribution >= 4 is 18.2 Å². The van der Waals surface area contributed by atoms with Gasteiger partial charge in [-0.05, 0) is 18.4 Å². The summed E-state index contributed by atoms with van der Waals surface area (Å²) in [6, 6.07) is 8.48. The van der Waals surface area contributed by atoms with Crippen molar-refractivity contribution in [2.75, 3.05) is 0 Å². The van der Waals surface area contributed by atoms with E-state index < -0.39 is 12.0 Å². The molecule has 1 amide bonds. The lowest BCUT2D eigenvalue weighted by Gasteiger charge is -2.12. The molecule has 1 aliphatic carbocycles. The largest absolute Gasteiger partial charge is 0.461 e. The molecule has 0 saturated heterocycles. The second kappa shape index (κ2) is 6.84. The lowest BCUT2D eigenvalue weighted by atomic mass is 10.2. The first-order chi connectivity index (χ1) is 9.69. The van der Waals surface area contributed by atoms with Crippen LogP contribution in [0, 0.1) is 5.92 Å².